The zero-order valence-corrected chi connectivity index (χ0v) is 11.9. The second kappa shape index (κ2) is 5.94. The first kappa shape index (κ1) is 13.6. The summed E-state index contributed by atoms with van der Waals surface area (Å²) in [6.45, 7) is 5.28. The van der Waals surface area contributed by atoms with Crippen molar-refractivity contribution in [2.45, 2.75) is 32.0 Å². The number of likely N-dealkylation sites (N-methyl/N-ethyl adjacent to an activating group) is 1. The number of hydrogen-bond donors (Lipinski definition) is 0. The van der Waals surface area contributed by atoms with E-state index < -0.39 is 0 Å². The fourth-order valence-electron chi connectivity index (χ4n) is 2.44. The Morgan fingerprint density at radius 2 is 2.30 bits per heavy atom. The van der Waals surface area contributed by atoms with Crippen molar-refractivity contribution in [2.75, 3.05) is 26.2 Å². The van der Waals surface area contributed by atoms with Crippen LogP contribution in [0.15, 0.2) is 24.3 Å². The first-order chi connectivity index (χ1) is 9.76. The molecule has 1 unspecified atom stereocenters. The molecular formula is C16H21NO3. The standard InChI is InChI=1S/C16H21NO3/c1-2-17-8-9-19-15(11-17)16(18)12-4-3-5-14(10-12)20-13-6-7-13/h3-5,10,13,15H,2,6-9,11H2,1H3. The van der Waals surface area contributed by atoms with Gasteiger partial charge in [0.05, 0.1) is 12.7 Å². The van der Waals surface area contributed by atoms with Crippen molar-refractivity contribution >= 4 is 5.78 Å². The molecule has 1 aromatic carbocycles. The maximum absolute atomic E-state index is 12.5. The monoisotopic (exact) mass is 275 g/mol. The van der Waals surface area contributed by atoms with Crippen LogP contribution < -0.4 is 4.74 Å². The van der Waals surface area contributed by atoms with Crippen molar-refractivity contribution < 1.29 is 14.3 Å². The van der Waals surface area contributed by atoms with Gasteiger partial charge in [-0.25, -0.2) is 0 Å². The first-order valence-corrected chi connectivity index (χ1v) is 7.41. The Bertz CT molecular complexity index is 484. The molecule has 1 aliphatic carbocycles. The number of morpholine rings is 1. The third kappa shape index (κ3) is 3.19. The van der Waals surface area contributed by atoms with Gasteiger partial charge < -0.3 is 9.47 Å². The Balaban J connectivity index is 1.69. The Morgan fingerprint density at radius 3 is 3.05 bits per heavy atom. The van der Waals surface area contributed by atoms with E-state index in [9.17, 15) is 4.79 Å². The van der Waals surface area contributed by atoms with Gasteiger partial charge in [-0.1, -0.05) is 19.1 Å². The minimum atomic E-state index is -0.347. The summed E-state index contributed by atoms with van der Waals surface area (Å²) in [6.07, 6.45) is 2.24. The smallest absolute Gasteiger partial charge is 0.193 e. The minimum absolute atomic E-state index is 0.0596. The number of nitrogens with zero attached hydrogens (tertiary/aromatic N) is 1. The second-order valence-corrected chi connectivity index (χ2v) is 5.46. The van der Waals surface area contributed by atoms with E-state index in [0.717, 1.165) is 31.7 Å². The van der Waals surface area contributed by atoms with E-state index in [2.05, 4.69) is 11.8 Å². The van der Waals surface area contributed by atoms with Crippen molar-refractivity contribution in [1.29, 1.82) is 0 Å². The van der Waals surface area contributed by atoms with Crippen molar-refractivity contribution in [3.05, 3.63) is 29.8 Å². The van der Waals surface area contributed by atoms with Crippen LogP contribution in [-0.2, 0) is 4.74 Å². The molecule has 0 bridgehead atoms. The zero-order chi connectivity index (χ0) is 13.9. The molecule has 1 aromatic rings. The lowest BCUT2D eigenvalue weighted by Gasteiger charge is -2.31. The van der Waals surface area contributed by atoms with E-state index in [1.807, 2.05) is 24.3 Å². The van der Waals surface area contributed by atoms with E-state index in [-0.39, 0.29) is 11.9 Å². The average Bonchev–Trinajstić information content (AvgIpc) is 3.31. The van der Waals surface area contributed by atoms with Crippen molar-refractivity contribution in [3.63, 3.8) is 0 Å². The van der Waals surface area contributed by atoms with Crippen LogP contribution >= 0.6 is 0 Å². The van der Waals surface area contributed by atoms with Gasteiger partial charge in [0.2, 0.25) is 0 Å². The van der Waals surface area contributed by atoms with E-state index in [0.29, 0.717) is 24.8 Å². The van der Waals surface area contributed by atoms with Crippen LogP contribution in [0, 0.1) is 0 Å². The fraction of sp³-hybridized carbons (Fsp3) is 0.562. The SMILES string of the molecule is CCN1CCOC(C(=O)c2cccc(OC3CC3)c2)C1. The summed E-state index contributed by atoms with van der Waals surface area (Å²) >= 11 is 0. The third-order valence-corrected chi connectivity index (χ3v) is 3.84. The molecule has 0 radical (unpaired) electrons. The molecule has 108 valence electrons. The summed E-state index contributed by atoms with van der Waals surface area (Å²) in [5, 5.41) is 0. The topological polar surface area (TPSA) is 38.8 Å². The number of hydrogen-bond acceptors (Lipinski definition) is 4. The number of benzene rings is 1. The Hall–Kier alpha value is -1.39. The molecule has 4 heteroatoms. The third-order valence-electron chi connectivity index (χ3n) is 3.84. The summed E-state index contributed by atoms with van der Waals surface area (Å²) in [5.41, 5.74) is 0.686. The molecule has 4 nitrogen and oxygen atoms in total. The molecule has 0 N–H and O–H groups in total. The van der Waals surface area contributed by atoms with Crippen molar-refractivity contribution in [3.8, 4) is 5.75 Å². The molecule has 0 spiro atoms. The second-order valence-electron chi connectivity index (χ2n) is 5.46. The van der Waals surface area contributed by atoms with E-state index in [4.69, 9.17) is 9.47 Å². The highest BCUT2D eigenvalue weighted by atomic mass is 16.5. The van der Waals surface area contributed by atoms with Gasteiger partial charge in [-0.2, -0.15) is 0 Å². The number of ether oxygens (including phenoxy) is 2. The van der Waals surface area contributed by atoms with Gasteiger partial charge in [0.1, 0.15) is 11.9 Å². The maximum Gasteiger partial charge on any atom is 0.193 e. The molecule has 3 rings (SSSR count). The van der Waals surface area contributed by atoms with Crippen molar-refractivity contribution in [1.82, 2.24) is 4.90 Å². The Kier molecular flexibility index (Phi) is 4.03. The van der Waals surface area contributed by atoms with Crippen LogP contribution in [-0.4, -0.2) is 49.1 Å². The molecule has 1 heterocycles. The van der Waals surface area contributed by atoms with Crippen LogP contribution in [0.1, 0.15) is 30.1 Å². The van der Waals surface area contributed by atoms with Gasteiger partial charge in [-0.3, -0.25) is 9.69 Å². The Labute approximate surface area is 119 Å². The van der Waals surface area contributed by atoms with Gasteiger partial charge in [-0.15, -0.1) is 0 Å². The highest BCUT2D eigenvalue weighted by Gasteiger charge is 2.28. The molecule has 20 heavy (non-hydrogen) atoms. The molecule has 1 aliphatic heterocycles. The number of ketones is 1. The summed E-state index contributed by atoms with van der Waals surface area (Å²) in [5.74, 6) is 0.853. The normalized spacial score (nSPS) is 23.6. The molecule has 2 aliphatic rings. The Morgan fingerprint density at radius 1 is 1.45 bits per heavy atom. The predicted octanol–water partition coefficient (Wildman–Crippen LogP) is 2.13. The number of rotatable bonds is 5. The fourth-order valence-corrected chi connectivity index (χ4v) is 2.44. The highest BCUT2D eigenvalue weighted by molar-refractivity contribution is 6.00. The van der Waals surface area contributed by atoms with Crippen LogP contribution in [0.3, 0.4) is 0 Å². The number of Topliss-reactive ketones (excluding diaryl/α,β-unsaturated/α-hetero) is 1. The summed E-state index contributed by atoms with van der Waals surface area (Å²) in [6, 6.07) is 7.48. The molecule has 2 fully saturated rings. The zero-order valence-electron chi connectivity index (χ0n) is 11.9. The van der Waals surface area contributed by atoms with Crippen LogP contribution in [0.25, 0.3) is 0 Å². The van der Waals surface area contributed by atoms with Crippen LogP contribution in [0.2, 0.25) is 0 Å². The summed E-state index contributed by atoms with van der Waals surface area (Å²) < 4.78 is 11.4. The lowest BCUT2D eigenvalue weighted by molar-refractivity contribution is -0.0148. The molecular weight excluding hydrogens is 254 g/mol. The van der Waals surface area contributed by atoms with Crippen LogP contribution in [0.4, 0.5) is 0 Å². The van der Waals surface area contributed by atoms with Gasteiger partial charge in [-0.05, 0) is 31.5 Å². The van der Waals surface area contributed by atoms with Gasteiger partial charge in [0, 0.05) is 18.7 Å². The first-order valence-electron chi connectivity index (χ1n) is 7.41. The summed E-state index contributed by atoms with van der Waals surface area (Å²) in [7, 11) is 0. The number of carbonyl (C=O) groups is 1. The molecule has 1 saturated carbocycles. The van der Waals surface area contributed by atoms with Gasteiger partial charge >= 0.3 is 0 Å². The quantitative estimate of drug-likeness (QED) is 0.772. The van der Waals surface area contributed by atoms with Crippen LogP contribution in [0.5, 0.6) is 5.75 Å². The molecule has 0 aromatic heterocycles. The van der Waals surface area contributed by atoms with Gasteiger partial charge in [0.15, 0.2) is 5.78 Å². The molecule has 0 amide bonds. The van der Waals surface area contributed by atoms with E-state index in [1.54, 1.807) is 0 Å². The molecule has 1 saturated heterocycles. The van der Waals surface area contributed by atoms with Crippen molar-refractivity contribution in [2.24, 2.45) is 0 Å². The highest BCUT2D eigenvalue weighted by Crippen LogP contribution is 2.27. The maximum atomic E-state index is 12.5. The minimum Gasteiger partial charge on any atom is -0.490 e. The lowest BCUT2D eigenvalue weighted by atomic mass is 10.0. The lowest BCUT2D eigenvalue weighted by Crippen LogP contribution is -2.45. The van der Waals surface area contributed by atoms with E-state index >= 15 is 0 Å². The number of carbonyl (C=O) groups excluding carboxylic acids is 1. The van der Waals surface area contributed by atoms with E-state index in [1.165, 1.54) is 0 Å². The summed E-state index contributed by atoms with van der Waals surface area (Å²) in [4.78, 5) is 14.8. The largest absolute Gasteiger partial charge is 0.490 e. The predicted molar refractivity (Wildman–Crippen MR) is 76.3 cm³/mol. The van der Waals surface area contributed by atoms with Gasteiger partial charge in [0.25, 0.3) is 0 Å². The average molecular weight is 275 g/mol. The molecule has 1 atom stereocenters.